The molecule has 0 saturated carbocycles. The Morgan fingerprint density at radius 1 is 1.41 bits per heavy atom. The van der Waals surface area contributed by atoms with Gasteiger partial charge in [0.15, 0.2) is 5.82 Å². The molecule has 88 valence electrons. The molecule has 3 rings (SSSR count). The van der Waals surface area contributed by atoms with Gasteiger partial charge in [-0.2, -0.15) is 5.10 Å². The first-order valence-corrected chi connectivity index (χ1v) is 6.30. The number of aromatic amines is 1. The molecule has 17 heavy (non-hydrogen) atoms. The number of aryl methyl sites for hydroxylation is 1. The van der Waals surface area contributed by atoms with Crippen molar-refractivity contribution in [1.29, 1.82) is 0 Å². The first kappa shape index (κ1) is 10.7. The molecule has 0 saturated heterocycles. The van der Waals surface area contributed by atoms with Crippen molar-refractivity contribution in [3.05, 3.63) is 28.2 Å². The van der Waals surface area contributed by atoms with Crippen molar-refractivity contribution in [2.75, 3.05) is 12.3 Å². The summed E-state index contributed by atoms with van der Waals surface area (Å²) >= 11 is 3.43. The molecule has 4 nitrogen and oxygen atoms in total. The number of aromatic nitrogens is 2. The molecule has 1 aliphatic heterocycles. The molecule has 0 fully saturated rings. The van der Waals surface area contributed by atoms with Crippen LogP contribution in [0.3, 0.4) is 0 Å². The maximum absolute atomic E-state index is 5.70. The summed E-state index contributed by atoms with van der Waals surface area (Å²) in [6.07, 6.45) is 2.13. The highest BCUT2D eigenvalue weighted by Gasteiger charge is 2.14. The maximum atomic E-state index is 5.70. The van der Waals surface area contributed by atoms with Crippen molar-refractivity contribution in [1.82, 2.24) is 10.2 Å². The number of hydrogen-bond donors (Lipinski definition) is 2. The molecule has 0 spiro atoms. The van der Waals surface area contributed by atoms with Crippen LogP contribution in [0.4, 0.5) is 5.82 Å². The molecule has 2 heterocycles. The molecule has 0 amide bonds. The number of benzene rings is 1. The van der Waals surface area contributed by atoms with Crippen molar-refractivity contribution in [3.8, 4) is 17.0 Å². The normalized spacial score (nSPS) is 14.2. The lowest BCUT2D eigenvalue weighted by atomic mass is 10.0. The Kier molecular flexibility index (Phi) is 2.55. The second kappa shape index (κ2) is 4.07. The average Bonchev–Trinajstić information content (AvgIpc) is 2.70. The van der Waals surface area contributed by atoms with E-state index >= 15 is 0 Å². The summed E-state index contributed by atoms with van der Waals surface area (Å²) in [6, 6.07) is 6.15. The minimum absolute atomic E-state index is 0.481. The fourth-order valence-electron chi connectivity index (χ4n) is 2.05. The first-order chi connectivity index (χ1) is 8.25. The van der Waals surface area contributed by atoms with Gasteiger partial charge in [0.2, 0.25) is 0 Å². The van der Waals surface area contributed by atoms with E-state index in [1.54, 1.807) is 0 Å². The molecule has 0 unspecified atom stereocenters. The quantitative estimate of drug-likeness (QED) is 0.850. The van der Waals surface area contributed by atoms with Gasteiger partial charge in [-0.25, -0.2) is 0 Å². The monoisotopic (exact) mass is 293 g/mol. The van der Waals surface area contributed by atoms with E-state index in [1.807, 2.05) is 12.1 Å². The van der Waals surface area contributed by atoms with E-state index in [9.17, 15) is 0 Å². The van der Waals surface area contributed by atoms with Crippen LogP contribution >= 0.6 is 15.9 Å². The fraction of sp³-hybridized carbons (Fsp3) is 0.250. The number of nitrogen functional groups attached to an aromatic ring is 1. The van der Waals surface area contributed by atoms with E-state index < -0.39 is 0 Å². The highest BCUT2D eigenvalue weighted by molar-refractivity contribution is 9.10. The summed E-state index contributed by atoms with van der Waals surface area (Å²) < 4.78 is 6.40. The number of halogens is 1. The van der Waals surface area contributed by atoms with Gasteiger partial charge in [-0.3, -0.25) is 5.10 Å². The van der Waals surface area contributed by atoms with E-state index in [4.69, 9.17) is 10.5 Å². The Labute approximate surface area is 107 Å². The predicted octanol–water partition coefficient (Wildman–Crippen LogP) is 2.75. The topological polar surface area (TPSA) is 63.9 Å². The molecule has 0 aliphatic carbocycles. The molecule has 1 aromatic carbocycles. The van der Waals surface area contributed by atoms with Gasteiger partial charge >= 0.3 is 0 Å². The first-order valence-electron chi connectivity index (χ1n) is 5.51. The van der Waals surface area contributed by atoms with Crippen LogP contribution in [0.25, 0.3) is 11.3 Å². The van der Waals surface area contributed by atoms with Crippen LogP contribution in [0, 0.1) is 0 Å². The van der Waals surface area contributed by atoms with Gasteiger partial charge in [0.25, 0.3) is 0 Å². The third-order valence-corrected chi connectivity index (χ3v) is 3.73. The Balaban J connectivity index is 2.07. The third-order valence-electron chi connectivity index (χ3n) is 2.93. The van der Waals surface area contributed by atoms with Crippen molar-refractivity contribution < 1.29 is 4.74 Å². The average molecular weight is 294 g/mol. The molecule has 1 aromatic heterocycles. The lowest BCUT2D eigenvalue weighted by Gasteiger charge is -2.17. The van der Waals surface area contributed by atoms with Crippen molar-refractivity contribution in [3.63, 3.8) is 0 Å². The number of nitrogens with two attached hydrogens (primary N) is 1. The van der Waals surface area contributed by atoms with Gasteiger partial charge in [-0.05, 0) is 52.5 Å². The Hall–Kier alpha value is -1.49. The van der Waals surface area contributed by atoms with Crippen LogP contribution in [0.2, 0.25) is 0 Å². The highest BCUT2D eigenvalue weighted by atomic mass is 79.9. The summed E-state index contributed by atoms with van der Waals surface area (Å²) in [4.78, 5) is 0. The molecular weight excluding hydrogens is 282 g/mol. The smallest absolute Gasteiger partial charge is 0.160 e. The molecule has 1 aliphatic rings. The number of fused-ring (bicyclic) bond motifs is 1. The largest absolute Gasteiger partial charge is 0.493 e. The number of H-pyrrole nitrogens is 1. The van der Waals surface area contributed by atoms with Gasteiger partial charge in [0.05, 0.1) is 16.8 Å². The molecule has 3 N–H and O–H groups in total. The highest BCUT2D eigenvalue weighted by Crippen LogP contribution is 2.34. The Bertz CT molecular complexity index is 565. The van der Waals surface area contributed by atoms with Crippen LogP contribution in [-0.4, -0.2) is 16.8 Å². The van der Waals surface area contributed by atoms with Crippen LogP contribution in [0.5, 0.6) is 5.75 Å². The molecule has 2 aromatic rings. The predicted molar refractivity (Wildman–Crippen MR) is 70.0 cm³/mol. The second-order valence-electron chi connectivity index (χ2n) is 4.07. The van der Waals surface area contributed by atoms with Gasteiger partial charge in [-0.1, -0.05) is 0 Å². The summed E-state index contributed by atoms with van der Waals surface area (Å²) in [7, 11) is 0. The minimum Gasteiger partial charge on any atom is -0.493 e. The third kappa shape index (κ3) is 1.80. The summed E-state index contributed by atoms with van der Waals surface area (Å²) in [5.41, 5.74) is 8.93. The van der Waals surface area contributed by atoms with E-state index in [0.717, 1.165) is 40.9 Å². The SMILES string of the molecule is Nc1n[nH]c(-c2ccc3c(c2)CCCO3)c1Br. The fourth-order valence-corrected chi connectivity index (χ4v) is 2.46. The minimum atomic E-state index is 0.481. The number of nitrogens with one attached hydrogen (secondary N) is 1. The standard InChI is InChI=1S/C12H12BrN3O/c13-10-11(15-16-12(10)14)8-3-4-9-7(6-8)2-1-5-17-9/h3-4,6H,1-2,5H2,(H3,14,15,16). The van der Waals surface area contributed by atoms with Crippen LogP contribution in [0.15, 0.2) is 22.7 Å². The van der Waals surface area contributed by atoms with Crippen molar-refractivity contribution >= 4 is 21.7 Å². The zero-order chi connectivity index (χ0) is 11.8. The maximum Gasteiger partial charge on any atom is 0.160 e. The second-order valence-corrected chi connectivity index (χ2v) is 4.87. The Morgan fingerprint density at radius 3 is 3.06 bits per heavy atom. The van der Waals surface area contributed by atoms with Gasteiger partial charge in [0, 0.05) is 5.56 Å². The lowest BCUT2D eigenvalue weighted by molar-refractivity contribution is 0.288. The zero-order valence-electron chi connectivity index (χ0n) is 9.16. The summed E-state index contributed by atoms with van der Waals surface area (Å²) in [6.45, 7) is 0.813. The zero-order valence-corrected chi connectivity index (χ0v) is 10.8. The molecule has 0 radical (unpaired) electrons. The van der Waals surface area contributed by atoms with E-state index in [-0.39, 0.29) is 0 Å². The van der Waals surface area contributed by atoms with Gasteiger partial charge < -0.3 is 10.5 Å². The lowest BCUT2D eigenvalue weighted by Crippen LogP contribution is -2.08. The number of nitrogens with zero attached hydrogens (tertiary/aromatic N) is 1. The number of anilines is 1. The molecule has 0 atom stereocenters. The summed E-state index contributed by atoms with van der Waals surface area (Å²) in [5.74, 6) is 1.47. The van der Waals surface area contributed by atoms with Crippen molar-refractivity contribution in [2.45, 2.75) is 12.8 Å². The Morgan fingerprint density at radius 2 is 2.29 bits per heavy atom. The number of ether oxygens (including phenoxy) is 1. The molecular formula is C12H12BrN3O. The van der Waals surface area contributed by atoms with Gasteiger partial charge in [0.1, 0.15) is 5.75 Å². The number of hydrogen-bond acceptors (Lipinski definition) is 3. The van der Waals surface area contributed by atoms with E-state index in [0.29, 0.717) is 5.82 Å². The van der Waals surface area contributed by atoms with Crippen LogP contribution in [-0.2, 0) is 6.42 Å². The molecule has 5 heteroatoms. The molecule has 0 bridgehead atoms. The van der Waals surface area contributed by atoms with Gasteiger partial charge in [-0.15, -0.1) is 0 Å². The number of rotatable bonds is 1. The van der Waals surface area contributed by atoms with E-state index in [1.165, 1.54) is 5.56 Å². The van der Waals surface area contributed by atoms with E-state index in [2.05, 4.69) is 32.2 Å². The van der Waals surface area contributed by atoms with Crippen LogP contribution < -0.4 is 10.5 Å². The van der Waals surface area contributed by atoms with Crippen molar-refractivity contribution in [2.24, 2.45) is 0 Å². The van der Waals surface area contributed by atoms with Crippen LogP contribution in [0.1, 0.15) is 12.0 Å². The summed E-state index contributed by atoms with van der Waals surface area (Å²) in [5, 5.41) is 6.91.